The zero-order valence-electron chi connectivity index (χ0n) is 10.3. The first kappa shape index (κ1) is 11.4. The van der Waals surface area contributed by atoms with Gasteiger partial charge in [-0.25, -0.2) is 0 Å². The lowest BCUT2D eigenvalue weighted by atomic mass is 9.77. The number of hydrogen-bond donors (Lipinski definition) is 1. The molecular formula is C13H25NO. The smallest absolute Gasteiger partial charge is 0.0700 e. The summed E-state index contributed by atoms with van der Waals surface area (Å²) in [4.78, 5) is 2.56. The quantitative estimate of drug-likeness (QED) is 0.719. The van der Waals surface area contributed by atoms with E-state index in [1.165, 1.54) is 25.8 Å². The molecule has 1 aliphatic carbocycles. The molecule has 1 heterocycles. The van der Waals surface area contributed by atoms with E-state index in [4.69, 9.17) is 0 Å². The minimum atomic E-state index is -0.0932. The average Bonchev–Trinajstić information content (AvgIpc) is 2.50. The Labute approximate surface area is 93.7 Å². The lowest BCUT2D eigenvalue weighted by Crippen LogP contribution is -2.52. The fraction of sp³-hybridized carbons (Fsp3) is 1.00. The number of hydrogen-bond acceptors (Lipinski definition) is 2. The number of aliphatic hydroxyl groups excluding tert-OH is 1. The molecule has 0 radical (unpaired) electrons. The van der Waals surface area contributed by atoms with Crippen molar-refractivity contribution in [3.63, 3.8) is 0 Å². The molecule has 1 saturated heterocycles. The molecule has 2 heteroatoms. The summed E-state index contributed by atoms with van der Waals surface area (Å²) in [6, 6.07) is 1.11. The van der Waals surface area contributed by atoms with Crippen LogP contribution in [0.5, 0.6) is 0 Å². The molecule has 0 aromatic heterocycles. The molecule has 0 amide bonds. The van der Waals surface area contributed by atoms with Gasteiger partial charge in [0.05, 0.1) is 6.10 Å². The van der Waals surface area contributed by atoms with Crippen molar-refractivity contribution < 1.29 is 5.11 Å². The van der Waals surface area contributed by atoms with Crippen molar-refractivity contribution >= 4 is 0 Å². The van der Waals surface area contributed by atoms with Crippen LogP contribution in [0.4, 0.5) is 0 Å². The molecule has 2 nitrogen and oxygen atoms in total. The Bertz CT molecular complexity index is 207. The van der Waals surface area contributed by atoms with Gasteiger partial charge in [-0.1, -0.05) is 13.8 Å². The van der Waals surface area contributed by atoms with E-state index < -0.39 is 0 Å². The molecule has 1 saturated carbocycles. The maximum absolute atomic E-state index is 10.2. The molecule has 1 N–H and O–H groups in total. The number of nitrogens with zero attached hydrogens (tertiary/aromatic N) is 1. The minimum Gasteiger partial charge on any atom is -0.391 e. The molecule has 5 unspecified atom stereocenters. The van der Waals surface area contributed by atoms with E-state index in [1.807, 2.05) is 0 Å². The second-order valence-electron chi connectivity index (χ2n) is 5.84. The Morgan fingerprint density at radius 2 is 1.87 bits per heavy atom. The zero-order chi connectivity index (χ0) is 11.0. The summed E-state index contributed by atoms with van der Waals surface area (Å²) in [6.07, 6.45) is 4.81. The number of likely N-dealkylation sites (tertiary alicyclic amines) is 1. The summed E-state index contributed by atoms with van der Waals surface area (Å²) in [5, 5.41) is 10.2. The molecule has 2 aliphatic rings. The van der Waals surface area contributed by atoms with Gasteiger partial charge in [-0.05, 0) is 51.0 Å². The highest BCUT2D eigenvalue weighted by Crippen LogP contribution is 2.35. The van der Waals surface area contributed by atoms with Crippen molar-refractivity contribution in [3.8, 4) is 0 Å². The summed E-state index contributed by atoms with van der Waals surface area (Å²) >= 11 is 0. The molecule has 2 rings (SSSR count). The summed E-state index contributed by atoms with van der Waals surface area (Å²) in [5.41, 5.74) is 0. The van der Waals surface area contributed by atoms with Crippen molar-refractivity contribution in [1.29, 1.82) is 0 Å². The molecule has 15 heavy (non-hydrogen) atoms. The fourth-order valence-electron chi connectivity index (χ4n) is 3.75. The molecule has 0 bridgehead atoms. The van der Waals surface area contributed by atoms with Gasteiger partial charge in [-0.2, -0.15) is 0 Å². The molecule has 1 aliphatic heterocycles. The highest BCUT2D eigenvalue weighted by Gasteiger charge is 2.39. The van der Waals surface area contributed by atoms with Crippen LogP contribution < -0.4 is 0 Å². The van der Waals surface area contributed by atoms with Gasteiger partial charge in [0.15, 0.2) is 0 Å². The summed E-state index contributed by atoms with van der Waals surface area (Å²) in [6.45, 7) is 8.09. The first-order valence-electron chi connectivity index (χ1n) is 6.53. The molecule has 0 aromatic rings. The van der Waals surface area contributed by atoms with E-state index in [0.717, 1.165) is 6.42 Å². The highest BCUT2D eigenvalue weighted by molar-refractivity contribution is 4.93. The standard InChI is InChI=1S/C13H25NO/c1-9-7-10(2)13(12(15)8-9)14-6-4-5-11(14)3/h9-13,15H,4-8H2,1-3H3. The first-order valence-corrected chi connectivity index (χ1v) is 6.53. The maximum Gasteiger partial charge on any atom is 0.0700 e. The lowest BCUT2D eigenvalue weighted by Gasteiger charge is -2.43. The SMILES string of the molecule is CC1CC(C)C(N2CCCC2C)C(O)C1. The van der Waals surface area contributed by atoms with Gasteiger partial charge in [0.2, 0.25) is 0 Å². The van der Waals surface area contributed by atoms with Crippen LogP contribution in [0.2, 0.25) is 0 Å². The molecule has 0 aromatic carbocycles. The Balaban J connectivity index is 2.06. The van der Waals surface area contributed by atoms with Crippen LogP contribution in [0, 0.1) is 11.8 Å². The van der Waals surface area contributed by atoms with Gasteiger partial charge in [-0.3, -0.25) is 4.90 Å². The van der Waals surface area contributed by atoms with Gasteiger partial charge in [-0.15, -0.1) is 0 Å². The number of rotatable bonds is 1. The van der Waals surface area contributed by atoms with Crippen molar-refractivity contribution in [1.82, 2.24) is 4.90 Å². The molecule has 2 fully saturated rings. The Kier molecular flexibility index (Phi) is 3.36. The van der Waals surface area contributed by atoms with E-state index >= 15 is 0 Å². The topological polar surface area (TPSA) is 23.5 Å². The second-order valence-corrected chi connectivity index (χ2v) is 5.84. The van der Waals surface area contributed by atoms with Crippen LogP contribution in [0.1, 0.15) is 46.5 Å². The Hall–Kier alpha value is -0.0800. The van der Waals surface area contributed by atoms with Crippen molar-refractivity contribution in [2.45, 2.75) is 64.6 Å². The van der Waals surface area contributed by atoms with Gasteiger partial charge in [0.1, 0.15) is 0 Å². The van der Waals surface area contributed by atoms with E-state index in [1.54, 1.807) is 0 Å². The Morgan fingerprint density at radius 1 is 1.13 bits per heavy atom. The predicted octanol–water partition coefficient (Wildman–Crippen LogP) is 2.27. The highest BCUT2D eigenvalue weighted by atomic mass is 16.3. The van der Waals surface area contributed by atoms with Gasteiger partial charge in [0, 0.05) is 12.1 Å². The third-order valence-corrected chi connectivity index (χ3v) is 4.38. The van der Waals surface area contributed by atoms with E-state index in [-0.39, 0.29) is 6.10 Å². The van der Waals surface area contributed by atoms with Crippen LogP contribution in [-0.4, -0.2) is 34.7 Å². The molecule has 5 atom stereocenters. The maximum atomic E-state index is 10.2. The second kappa shape index (κ2) is 4.42. The first-order chi connectivity index (χ1) is 7.09. The van der Waals surface area contributed by atoms with Crippen LogP contribution in [0.25, 0.3) is 0 Å². The van der Waals surface area contributed by atoms with Crippen LogP contribution in [-0.2, 0) is 0 Å². The lowest BCUT2D eigenvalue weighted by molar-refractivity contribution is -0.0272. The van der Waals surface area contributed by atoms with Crippen molar-refractivity contribution in [3.05, 3.63) is 0 Å². The van der Waals surface area contributed by atoms with Crippen LogP contribution in [0.15, 0.2) is 0 Å². The van der Waals surface area contributed by atoms with Crippen molar-refractivity contribution in [2.75, 3.05) is 6.54 Å². The van der Waals surface area contributed by atoms with Crippen molar-refractivity contribution in [2.24, 2.45) is 11.8 Å². The monoisotopic (exact) mass is 211 g/mol. The van der Waals surface area contributed by atoms with Crippen LogP contribution >= 0.6 is 0 Å². The number of aliphatic hydroxyl groups is 1. The normalized spacial score (nSPS) is 48.4. The van der Waals surface area contributed by atoms with E-state index in [2.05, 4.69) is 25.7 Å². The van der Waals surface area contributed by atoms with Gasteiger partial charge < -0.3 is 5.11 Å². The van der Waals surface area contributed by atoms with Gasteiger partial charge >= 0.3 is 0 Å². The molecule has 88 valence electrons. The van der Waals surface area contributed by atoms with E-state index in [0.29, 0.717) is 23.9 Å². The average molecular weight is 211 g/mol. The van der Waals surface area contributed by atoms with Gasteiger partial charge in [0.25, 0.3) is 0 Å². The third-order valence-electron chi connectivity index (χ3n) is 4.38. The molecular weight excluding hydrogens is 186 g/mol. The predicted molar refractivity (Wildman–Crippen MR) is 62.8 cm³/mol. The Morgan fingerprint density at radius 3 is 2.40 bits per heavy atom. The fourth-order valence-corrected chi connectivity index (χ4v) is 3.75. The third kappa shape index (κ3) is 2.21. The summed E-state index contributed by atoms with van der Waals surface area (Å²) < 4.78 is 0. The van der Waals surface area contributed by atoms with Crippen LogP contribution in [0.3, 0.4) is 0 Å². The largest absolute Gasteiger partial charge is 0.391 e. The zero-order valence-corrected chi connectivity index (χ0v) is 10.3. The minimum absolute atomic E-state index is 0.0932. The summed E-state index contributed by atoms with van der Waals surface area (Å²) in [5.74, 6) is 1.36. The van der Waals surface area contributed by atoms with E-state index in [9.17, 15) is 5.11 Å². The molecule has 0 spiro atoms. The summed E-state index contributed by atoms with van der Waals surface area (Å²) in [7, 11) is 0.